The van der Waals surface area contributed by atoms with Crippen molar-refractivity contribution in [3.05, 3.63) is 29.3 Å². The molecule has 0 aliphatic carbocycles. The van der Waals surface area contributed by atoms with E-state index in [9.17, 15) is 0 Å². The van der Waals surface area contributed by atoms with Crippen molar-refractivity contribution in [3.8, 4) is 5.75 Å². The van der Waals surface area contributed by atoms with E-state index >= 15 is 0 Å². The van der Waals surface area contributed by atoms with Gasteiger partial charge < -0.3 is 10.1 Å². The van der Waals surface area contributed by atoms with E-state index in [0.717, 1.165) is 12.3 Å². The van der Waals surface area contributed by atoms with Crippen LogP contribution in [-0.4, -0.2) is 13.7 Å². The van der Waals surface area contributed by atoms with Gasteiger partial charge in [-0.25, -0.2) is 0 Å². The van der Waals surface area contributed by atoms with E-state index < -0.39 is 0 Å². The molecule has 1 aromatic carbocycles. The molecule has 82 valence electrons. The van der Waals surface area contributed by atoms with Gasteiger partial charge in [-0.1, -0.05) is 26.0 Å². The molecule has 0 bridgehead atoms. The van der Waals surface area contributed by atoms with Crippen LogP contribution < -0.4 is 10.1 Å². The molecular weight excluding hydrogens is 186 g/mol. The van der Waals surface area contributed by atoms with Crippen LogP contribution in [0.4, 0.5) is 0 Å². The maximum absolute atomic E-state index is 5.46. The Morgan fingerprint density at radius 3 is 2.53 bits per heavy atom. The summed E-state index contributed by atoms with van der Waals surface area (Å²) in [5.41, 5.74) is 2.75. The standard InChI is InChI=1S/C13H19NO/c1-9(2)10-5-6-11(12(7-10)15-4)13(3)8-14-13/h5-7,9,14H,8H2,1-4H3. The van der Waals surface area contributed by atoms with Gasteiger partial charge in [-0.2, -0.15) is 0 Å². The lowest BCUT2D eigenvalue weighted by atomic mass is 9.95. The van der Waals surface area contributed by atoms with Crippen molar-refractivity contribution in [2.75, 3.05) is 13.7 Å². The zero-order valence-corrected chi connectivity index (χ0v) is 9.92. The van der Waals surface area contributed by atoms with Gasteiger partial charge in [-0.15, -0.1) is 0 Å². The molecule has 15 heavy (non-hydrogen) atoms. The molecule has 1 N–H and O–H groups in total. The molecule has 1 aliphatic heterocycles. The highest BCUT2D eigenvalue weighted by Gasteiger charge is 2.40. The van der Waals surface area contributed by atoms with Gasteiger partial charge in [0.1, 0.15) is 5.75 Å². The molecule has 2 rings (SSSR count). The average molecular weight is 205 g/mol. The van der Waals surface area contributed by atoms with Crippen LogP contribution in [0.2, 0.25) is 0 Å². The van der Waals surface area contributed by atoms with Gasteiger partial charge in [0.15, 0.2) is 0 Å². The fourth-order valence-electron chi connectivity index (χ4n) is 1.85. The zero-order chi connectivity index (χ0) is 11.1. The van der Waals surface area contributed by atoms with Crippen LogP contribution in [0.1, 0.15) is 37.8 Å². The Morgan fingerprint density at radius 2 is 2.07 bits per heavy atom. The van der Waals surface area contributed by atoms with E-state index in [1.165, 1.54) is 11.1 Å². The minimum Gasteiger partial charge on any atom is -0.496 e. The molecule has 0 aromatic heterocycles. The second-order valence-electron chi connectivity index (χ2n) is 4.80. The fraction of sp³-hybridized carbons (Fsp3) is 0.538. The van der Waals surface area contributed by atoms with Crippen molar-refractivity contribution < 1.29 is 4.74 Å². The SMILES string of the molecule is COc1cc(C(C)C)ccc1C1(C)CN1. The van der Waals surface area contributed by atoms with E-state index in [4.69, 9.17) is 4.74 Å². The molecule has 1 aromatic rings. The Labute approximate surface area is 91.6 Å². The first-order valence-corrected chi connectivity index (χ1v) is 5.50. The molecule has 0 amide bonds. The van der Waals surface area contributed by atoms with Crippen LogP contribution in [0.25, 0.3) is 0 Å². The summed E-state index contributed by atoms with van der Waals surface area (Å²) >= 11 is 0. The summed E-state index contributed by atoms with van der Waals surface area (Å²) in [6.45, 7) is 7.65. The number of methoxy groups -OCH3 is 1. The highest BCUT2D eigenvalue weighted by atomic mass is 16.5. The molecule has 1 saturated heterocycles. The highest BCUT2D eigenvalue weighted by molar-refractivity contribution is 5.45. The first-order chi connectivity index (χ1) is 7.07. The summed E-state index contributed by atoms with van der Waals surface area (Å²) in [5, 5.41) is 3.37. The number of hydrogen-bond donors (Lipinski definition) is 1. The lowest BCUT2D eigenvalue weighted by Crippen LogP contribution is -2.09. The molecular formula is C13H19NO. The molecule has 1 atom stereocenters. The van der Waals surface area contributed by atoms with Crippen molar-refractivity contribution >= 4 is 0 Å². The monoisotopic (exact) mass is 205 g/mol. The third-order valence-electron chi connectivity index (χ3n) is 3.19. The highest BCUT2D eigenvalue weighted by Crippen LogP contribution is 2.37. The summed E-state index contributed by atoms with van der Waals surface area (Å²) in [5.74, 6) is 1.56. The van der Waals surface area contributed by atoms with Crippen molar-refractivity contribution in [3.63, 3.8) is 0 Å². The van der Waals surface area contributed by atoms with Gasteiger partial charge in [-0.3, -0.25) is 0 Å². The Bertz CT molecular complexity index is 367. The second kappa shape index (κ2) is 3.53. The van der Waals surface area contributed by atoms with E-state index in [-0.39, 0.29) is 5.54 Å². The normalized spacial score (nSPS) is 24.3. The summed E-state index contributed by atoms with van der Waals surface area (Å²) in [6, 6.07) is 6.55. The van der Waals surface area contributed by atoms with Crippen molar-refractivity contribution in [2.24, 2.45) is 0 Å². The van der Waals surface area contributed by atoms with E-state index in [2.05, 4.69) is 44.3 Å². The van der Waals surface area contributed by atoms with Gasteiger partial charge in [0.05, 0.1) is 12.6 Å². The molecule has 0 radical (unpaired) electrons. The Hall–Kier alpha value is -1.02. The maximum Gasteiger partial charge on any atom is 0.124 e. The number of nitrogens with one attached hydrogen (secondary N) is 1. The van der Waals surface area contributed by atoms with Crippen LogP contribution in [0, 0.1) is 0 Å². The van der Waals surface area contributed by atoms with E-state index in [1.807, 2.05) is 0 Å². The summed E-state index contributed by atoms with van der Waals surface area (Å²) < 4.78 is 5.46. The lowest BCUT2D eigenvalue weighted by molar-refractivity contribution is 0.404. The lowest BCUT2D eigenvalue weighted by Gasteiger charge is -2.15. The Balaban J connectivity index is 2.40. The van der Waals surface area contributed by atoms with Gasteiger partial charge in [0.2, 0.25) is 0 Å². The quantitative estimate of drug-likeness (QED) is 0.769. The van der Waals surface area contributed by atoms with E-state index in [0.29, 0.717) is 5.92 Å². The first kappa shape index (κ1) is 10.5. The molecule has 1 unspecified atom stereocenters. The minimum absolute atomic E-state index is 0.140. The predicted octanol–water partition coefficient (Wildman–Crippen LogP) is 2.64. The number of rotatable bonds is 3. The fourth-order valence-corrected chi connectivity index (χ4v) is 1.85. The van der Waals surface area contributed by atoms with Gasteiger partial charge in [0.25, 0.3) is 0 Å². The molecule has 2 nitrogen and oxygen atoms in total. The van der Waals surface area contributed by atoms with E-state index in [1.54, 1.807) is 7.11 Å². The largest absolute Gasteiger partial charge is 0.496 e. The first-order valence-electron chi connectivity index (χ1n) is 5.50. The minimum atomic E-state index is 0.140. The van der Waals surface area contributed by atoms with Crippen LogP contribution in [-0.2, 0) is 5.54 Å². The Morgan fingerprint density at radius 1 is 1.40 bits per heavy atom. The molecule has 1 aliphatic rings. The van der Waals surface area contributed by atoms with Crippen molar-refractivity contribution in [2.45, 2.75) is 32.2 Å². The summed E-state index contributed by atoms with van der Waals surface area (Å²) in [6.07, 6.45) is 0. The molecule has 0 spiro atoms. The predicted molar refractivity (Wildman–Crippen MR) is 62.4 cm³/mol. The van der Waals surface area contributed by atoms with Crippen molar-refractivity contribution in [1.82, 2.24) is 5.32 Å². The average Bonchev–Trinajstić information content (AvgIpc) is 2.96. The molecule has 0 saturated carbocycles. The summed E-state index contributed by atoms with van der Waals surface area (Å²) in [4.78, 5) is 0. The van der Waals surface area contributed by atoms with Crippen LogP contribution in [0.5, 0.6) is 5.75 Å². The number of ether oxygens (including phenoxy) is 1. The molecule has 1 fully saturated rings. The van der Waals surface area contributed by atoms with Crippen LogP contribution in [0.15, 0.2) is 18.2 Å². The van der Waals surface area contributed by atoms with Gasteiger partial charge >= 0.3 is 0 Å². The second-order valence-corrected chi connectivity index (χ2v) is 4.80. The molecule has 1 heterocycles. The molecule has 2 heteroatoms. The Kier molecular flexibility index (Phi) is 2.47. The maximum atomic E-state index is 5.46. The zero-order valence-electron chi connectivity index (χ0n) is 9.92. The van der Waals surface area contributed by atoms with Crippen molar-refractivity contribution in [1.29, 1.82) is 0 Å². The van der Waals surface area contributed by atoms with Crippen LogP contribution in [0.3, 0.4) is 0 Å². The van der Waals surface area contributed by atoms with Gasteiger partial charge in [0, 0.05) is 12.1 Å². The topological polar surface area (TPSA) is 31.2 Å². The third-order valence-corrected chi connectivity index (χ3v) is 3.19. The smallest absolute Gasteiger partial charge is 0.124 e. The number of hydrogen-bond acceptors (Lipinski definition) is 2. The van der Waals surface area contributed by atoms with Crippen LogP contribution >= 0.6 is 0 Å². The van der Waals surface area contributed by atoms with Gasteiger partial charge in [-0.05, 0) is 24.5 Å². The summed E-state index contributed by atoms with van der Waals surface area (Å²) in [7, 11) is 1.74. The third kappa shape index (κ3) is 1.86. The number of benzene rings is 1.